The van der Waals surface area contributed by atoms with E-state index in [9.17, 15) is 8.42 Å². The third-order valence-electron chi connectivity index (χ3n) is 2.86. The Morgan fingerprint density at radius 2 is 1.95 bits per heavy atom. The summed E-state index contributed by atoms with van der Waals surface area (Å²) in [6, 6.07) is 5.02. The van der Waals surface area contributed by atoms with Gasteiger partial charge < -0.3 is 4.74 Å². The number of ether oxygens (including phenoxy) is 1. The number of nitrogens with zero attached hydrogens (tertiary/aromatic N) is 1. The minimum absolute atomic E-state index is 0.116. The fourth-order valence-electron chi connectivity index (χ4n) is 1.68. The monoisotopic (exact) mass is 312 g/mol. The molecule has 0 spiro atoms. The summed E-state index contributed by atoms with van der Waals surface area (Å²) >= 11 is 1.31. The van der Waals surface area contributed by atoms with Crippen molar-refractivity contribution in [1.29, 1.82) is 0 Å². The van der Waals surface area contributed by atoms with Crippen LogP contribution in [0, 0.1) is 20.8 Å². The van der Waals surface area contributed by atoms with E-state index in [1.165, 1.54) is 18.4 Å². The Kier molecular flexibility index (Phi) is 4.01. The molecule has 0 amide bonds. The summed E-state index contributed by atoms with van der Waals surface area (Å²) in [4.78, 5) is 5.29. The number of nitrogens with one attached hydrogen (secondary N) is 1. The molecule has 108 valence electrons. The molecule has 1 aromatic heterocycles. The summed E-state index contributed by atoms with van der Waals surface area (Å²) in [6.07, 6.45) is 0. The van der Waals surface area contributed by atoms with Gasteiger partial charge in [0, 0.05) is 4.88 Å². The van der Waals surface area contributed by atoms with Crippen molar-refractivity contribution in [2.75, 3.05) is 11.8 Å². The zero-order valence-electron chi connectivity index (χ0n) is 11.7. The first-order valence-corrected chi connectivity index (χ1v) is 8.25. The van der Waals surface area contributed by atoms with Crippen molar-refractivity contribution in [2.24, 2.45) is 0 Å². The van der Waals surface area contributed by atoms with Crippen LogP contribution in [0.3, 0.4) is 0 Å². The Balaban J connectivity index is 2.42. The van der Waals surface area contributed by atoms with Gasteiger partial charge in [-0.1, -0.05) is 6.07 Å². The molecule has 0 aliphatic rings. The van der Waals surface area contributed by atoms with E-state index >= 15 is 0 Å². The lowest BCUT2D eigenvalue weighted by molar-refractivity contribution is 0.402. The van der Waals surface area contributed by atoms with Crippen LogP contribution in [0.15, 0.2) is 23.1 Å². The third kappa shape index (κ3) is 2.94. The lowest BCUT2D eigenvalue weighted by Gasteiger charge is -2.10. The van der Waals surface area contributed by atoms with Gasteiger partial charge in [-0.3, -0.25) is 4.72 Å². The number of rotatable bonds is 4. The number of anilines is 1. The lowest BCUT2D eigenvalue weighted by atomic mass is 10.2. The van der Waals surface area contributed by atoms with Crippen LogP contribution in [0.4, 0.5) is 5.13 Å². The molecule has 5 nitrogen and oxygen atoms in total. The first kappa shape index (κ1) is 14.8. The van der Waals surface area contributed by atoms with Crippen molar-refractivity contribution in [3.05, 3.63) is 34.3 Å². The number of hydrogen-bond acceptors (Lipinski definition) is 5. The summed E-state index contributed by atoms with van der Waals surface area (Å²) in [5.74, 6) is 0.313. The Morgan fingerprint density at radius 1 is 1.25 bits per heavy atom. The van der Waals surface area contributed by atoms with Crippen molar-refractivity contribution in [3.8, 4) is 5.75 Å². The summed E-state index contributed by atoms with van der Waals surface area (Å²) in [6.45, 7) is 5.57. The predicted octanol–water partition coefficient (Wildman–Crippen LogP) is 2.88. The topological polar surface area (TPSA) is 68.3 Å². The van der Waals surface area contributed by atoms with Crippen LogP contribution in [0.2, 0.25) is 0 Å². The average molecular weight is 312 g/mol. The fourth-order valence-corrected chi connectivity index (χ4v) is 3.98. The molecule has 0 bridgehead atoms. The van der Waals surface area contributed by atoms with Gasteiger partial charge in [0.15, 0.2) is 5.13 Å². The van der Waals surface area contributed by atoms with E-state index in [0.717, 1.165) is 16.1 Å². The number of sulfonamides is 1. The summed E-state index contributed by atoms with van der Waals surface area (Å²) in [5.41, 5.74) is 1.67. The molecule has 1 aromatic carbocycles. The van der Waals surface area contributed by atoms with Gasteiger partial charge in [0.2, 0.25) is 0 Å². The number of aromatic nitrogens is 1. The molecule has 2 aromatic rings. The smallest absolute Gasteiger partial charge is 0.267 e. The van der Waals surface area contributed by atoms with Crippen molar-refractivity contribution < 1.29 is 13.2 Å². The largest absolute Gasteiger partial charge is 0.495 e. The molecule has 0 aliphatic carbocycles. The van der Waals surface area contributed by atoms with Gasteiger partial charge in [0.05, 0.1) is 12.8 Å². The van der Waals surface area contributed by atoms with E-state index in [0.29, 0.717) is 10.9 Å². The molecule has 1 heterocycles. The highest BCUT2D eigenvalue weighted by Gasteiger charge is 2.21. The second-order valence-electron chi connectivity index (χ2n) is 4.42. The maximum Gasteiger partial charge on any atom is 0.267 e. The first-order valence-electron chi connectivity index (χ1n) is 5.95. The van der Waals surface area contributed by atoms with Crippen LogP contribution >= 0.6 is 11.3 Å². The molecule has 0 saturated heterocycles. The Morgan fingerprint density at radius 3 is 2.50 bits per heavy atom. The Bertz CT molecular complexity index is 717. The van der Waals surface area contributed by atoms with Crippen LogP contribution in [-0.2, 0) is 10.0 Å². The maximum absolute atomic E-state index is 12.4. The second-order valence-corrected chi connectivity index (χ2v) is 7.27. The van der Waals surface area contributed by atoms with Gasteiger partial charge >= 0.3 is 0 Å². The lowest BCUT2D eigenvalue weighted by Crippen LogP contribution is -2.14. The van der Waals surface area contributed by atoms with Gasteiger partial charge in [-0.05, 0) is 38.5 Å². The molecular weight excluding hydrogens is 296 g/mol. The summed E-state index contributed by atoms with van der Waals surface area (Å²) in [5, 5.41) is 0.364. The van der Waals surface area contributed by atoms with Gasteiger partial charge in [-0.25, -0.2) is 13.4 Å². The minimum Gasteiger partial charge on any atom is -0.495 e. The van der Waals surface area contributed by atoms with Gasteiger partial charge in [0.25, 0.3) is 10.0 Å². The molecule has 2 rings (SSSR count). The van der Waals surface area contributed by atoms with Gasteiger partial charge in [0.1, 0.15) is 10.6 Å². The van der Waals surface area contributed by atoms with Crippen molar-refractivity contribution in [1.82, 2.24) is 4.98 Å². The normalized spacial score (nSPS) is 11.4. The van der Waals surface area contributed by atoms with Crippen molar-refractivity contribution in [2.45, 2.75) is 25.7 Å². The van der Waals surface area contributed by atoms with E-state index in [-0.39, 0.29) is 4.90 Å². The number of methoxy groups -OCH3 is 1. The van der Waals surface area contributed by atoms with Crippen LogP contribution < -0.4 is 9.46 Å². The quantitative estimate of drug-likeness (QED) is 0.942. The first-order chi connectivity index (χ1) is 9.33. The zero-order valence-corrected chi connectivity index (χ0v) is 13.4. The Labute approximate surface area is 122 Å². The molecule has 0 radical (unpaired) electrons. The SMILES string of the molecule is COc1ccc(C)cc1S(=O)(=O)Nc1nc(C)c(C)s1. The Hall–Kier alpha value is -1.60. The molecule has 0 saturated carbocycles. The van der Waals surface area contributed by atoms with E-state index in [1.54, 1.807) is 18.2 Å². The van der Waals surface area contributed by atoms with E-state index < -0.39 is 10.0 Å². The number of benzene rings is 1. The molecule has 0 unspecified atom stereocenters. The molecular formula is C13H16N2O3S2. The van der Waals surface area contributed by atoms with E-state index in [1.807, 2.05) is 20.8 Å². The molecule has 20 heavy (non-hydrogen) atoms. The minimum atomic E-state index is -3.71. The fraction of sp³-hybridized carbons (Fsp3) is 0.308. The molecule has 1 N–H and O–H groups in total. The second kappa shape index (κ2) is 5.41. The van der Waals surface area contributed by atoms with E-state index in [4.69, 9.17) is 4.74 Å². The maximum atomic E-state index is 12.4. The molecule has 0 fully saturated rings. The van der Waals surface area contributed by atoms with Crippen LogP contribution in [0.25, 0.3) is 0 Å². The molecule has 0 atom stereocenters. The standard InChI is InChI=1S/C13H16N2O3S2/c1-8-5-6-11(18-4)12(7-8)20(16,17)15-13-14-9(2)10(3)19-13/h5-7H,1-4H3,(H,14,15). The van der Waals surface area contributed by atoms with Crippen LogP contribution in [0.1, 0.15) is 16.1 Å². The zero-order chi connectivity index (χ0) is 14.9. The highest BCUT2D eigenvalue weighted by Crippen LogP contribution is 2.29. The highest BCUT2D eigenvalue weighted by atomic mass is 32.2. The van der Waals surface area contributed by atoms with Gasteiger partial charge in [-0.15, -0.1) is 11.3 Å². The summed E-state index contributed by atoms with van der Waals surface area (Å²) in [7, 11) is -2.26. The van der Waals surface area contributed by atoms with Crippen molar-refractivity contribution in [3.63, 3.8) is 0 Å². The average Bonchev–Trinajstić information content (AvgIpc) is 2.67. The number of hydrogen-bond donors (Lipinski definition) is 1. The third-order valence-corrected chi connectivity index (χ3v) is 5.34. The van der Waals surface area contributed by atoms with Gasteiger partial charge in [-0.2, -0.15) is 0 Å². The van der Waals surface area contributed by atoms with Crippen LogP contribution in [0.5, 0.6) is 5.75 Å². The summed E-state index contributed by atoms with van der Waals surface area (Å²) < 4.78 is 32.5. The number of thiazole rings is 1. The predicted molar refractivity (Wildman–Crippen MR) is 80.1 cm³/mol. The number of aryl methyl sites for hydroxylation is 3. The molecule has 7 heteroatoms. The van der Waals surface area contributed by atoms with E-state index in [2.05, 4.69) is 9.71 Å². The highest BCUT2D eigenvalue weighted by molar-refractivity contribution is 7.93. The molecule has 0 aliphatic heterocycles. The van der Waals surface area contributed by atoms with Crippen molar-refractivity contribution >= 4 is 26.5 Å². The van der Waals surface area contributed by atoms with Crippen LogP contribution in [-0.4, -0.2) is 20.5 Å².